The van der Waals surface area contributed by atoms with E-state index in [9.17, 15) is 18.0 Å². The number of amides is 1. The monoisotopic (exact) mass is 342 g/mol. The van der Waals surface area contributed by atoms with Gasteiger partial charge in [-0.3, -0.25) is 9.59 Å². The molecule has 0 saturated heterocycles. The molecule has 128 valence electrons. The van der Waals surface area contributed by atoms with Crippen LogP contribution in [0.4, 0.5) is 5.69 Å². The Kier molecular flexibility index (Phi) is 7.18. The summed E-state index contributed by atoms with van der Waals surface area (Å²) in [5.74, 6) is -1.11. The van der Waals surface area contributed by atoms with Crippen LogP contribution in [-0.2, 0) is 19.6 Å². The van der Waals surface area contributed by atoms with Crippen LogP contribution in [0.25, 0.3) is 0 Å². The minimum atomic E-state index is -3.55. The maximum atomic E-state index is 12.0. The fourth-order valence-electron chi connectivity index (χ4n) is 1.88. The van der Waals surface area contributed by atoms with Crippen molar-refractivity contribution < 1.29 is 23.1 Å². The van der Waals surface area contributed by atoms with Crippen LogP contribution in [0.5, 0.6) is 0 Å². The molecule has 1 aromatic rings. The predicted molar refractivity (Wildman–Crippen MR) is 86.6 cm³/mol. The Balaban J connectivity index is 2.54. The van der Waals surface area contributed by atoms with Crippen LogP contribution in [0.2, 0.25) is 0 Å². The second-order valence-corrected chi connectivity index (χ2v) is 7.16. The number of hydrogen-bond acceptors (Lipinski definition) is 4. The smallest absolute Gasteiger partial charge is 0.303 e. The Hall–Kier alpha value is -1.93. The summed E-state index contributed by atoms with van der Waals surface area (Å²) in [6.07, 6.45) is 1.20. The molecule has 0 unspecified atom stereocenters. The lowest BCUT2D eigenvalue weighted by Gasteiger charge is -2.10. The molecule has 23 heavy (non-hydrogen) atoms. The molecule has 7 nitrogen and oxygen atoms in total. The van der Waals surface area contributed by atoms with Gasteiger partial charge in [0, 0.05) is 24.6 Å². The van der Waals surface area contributed by atoms with Crippen molar-refractivity contribution in [1.82, 2.24) is 4.72 Å². The molecular weight excluding hydrogens is 320 g/mol. The summed E-state index contributed by atoms with van der Waals surface area (Å²) in [5.41, 5.74) is 0.497. The number of rotatable bonds is 9. The van der Waals surface area contributed by atoms with Crippen molar-refractivity contribution in [3.8, 4) is 0 Å². The second kappa shape index (κ2) is 8.64. The number of carbonyl (C=O) groups excluding carboxylic acids is 1. The van der Waals surface area contributed by atoms with Crippen molar-refractivity contribution in [3.63, 3.8) is 0 Å². The van der Waals surface area contributed by atoms with E-state index in [0.717, 1.165) is 0 Å². The van der Waals surface area contributed by atoms with E-state index in [1.807, 2.05) is 0 Å². The topological polar surface area (TPSA) is 113 Å². The van der Waals surface area contributed by atoms with Gasteiger partial charge in [0.2, 0.25) is 15.9 Å². The molecule has 0 aliphatic rings. The summed E-state index contributed by atoms with van der Waals surface area (Å²) in [6, 6.07) is 5.68. The number of carboxylic acid groups (broad SMARTS) is 1. The average molecular weight is 342 g/mol. The number of hydrogen-bond donors (Lipinski definition) is 3. The molecule has 0 heterocycles. The molecular formula is C15H22N2O5S. The summed E-state index contributed by atoms with van der Waals surface area (Å²) in [6.45, 7) is 3.47. The molecule has 0 fully saturated rings. The lowest BCUT2D eigenvalue weighted by molar-refractivity contribution is -0.137. The maximum Gasteiger partial charge on any atom is 0.303 e. The number of benzene rings is 1. The lowest BCUT2D eigenvalue weighted by atomic mass is 10.2. The Morgan fingerprint density at radius 2 is 1.65 bits per heavy atom. The second-order valence-electron chi connectivity index (χ2n) is 5.45. The first kappa shape index (κ1) is 19.1. The van der Waals surface area contributed by atoms with Crippen LogP contribution in [0.15, 0.2) is 29.2 Å². The van der Waals surface area contributed by atoms with Gasteiger partial charge in [-0.05, 0) is 51.0 Å². The average Bonchev–Trinajstić information content (AvgIpc) is 2.42. The number of anilines is 1. The quantitative estimate of drug-likeness (QED) is 0.594. The minimum Gasteiger partial charge on any atom is -0.481 e. The third kappa shape index (κ3) is 7.25. The Labute approximate surface area is 136 Å². The zero-order valence-electron chi connectivity index (χ0n) is 13.2. The van der Waals surface area contributed by atoms with Crippen molar-refractivity contribution in [3.05, 3.63) is 24.3 Å². The van der Waals surface area contributed by atoms with E-state index in [4.69, 9.17) is 5.11 Å². The van der Waals surface area contributed by atoms with E-state index in [1.54, 1.807) is 13.8 Å². The minimum absolute atomic E-state index is 0.0443. The third-order valence-electron chi connectivity index (χ3n) is 2.88. The molecule has 0 aliphatic carbocycles. The number of nitrogens with one attached hydrogen (secondary N) is 2. The summed E-state index contributed by atoms with van der Waals surface area (Å²) < 4.78 is 26.4. The van der Waals surface area contributed by atoms with E-state index in [0.29, 0.717) is 18.5 Å². The lowest BCUT2D eigenvalue weighted by Crippen LogP contribution is -2.30. The van der Waals surface area contributed by atoms with Crippen LogP contribution >= 0.6 is 0 Å². The SMILES string of the molecule is CC(C)NS(=O)(=O)c1ccc(NC(=O)CCCCC(=O)O)cc1. The van der Waals surface area contributed by atoms with Crippen molar-refractivity contribution in [1.29, 1.82) is 0 Å². The van der Waals surface area contributed by atoms with Crippen LogP contribution in [0.1, 0.15) is 39.5 Å². The van der Waals surface area contributed by atoms with E-state index < -0.39 is 16.0 Å². The fourth-order valence-corrected chi connectivity index (χ4v) is 3.13. The highest BCUT2D eigenvalue weighted by Gasteiger charge is 2.15. The number of sulfonamides is 1. The summed E-state index contributed by atoms with van der Waals surface area (Å²) in [7, 11) is -3.55. The maximum absolute atomic E-state index is 12.0. The molecule has 0 bridgehead atoms. The van der Waals surface area contributed by atoms with Gasteiger partial charge in [-0.1, -0.05) is 0 Å². The molecule has 1 aromatic carbocycles. The van der Waals surface area contributed by atoms with E-state index in [2.05, 4.69) is 10.0 Å². The molecule has 1 amide bonds. The molecule has 0 aliphatic heterocycles. The van der Waals surface area contributed by atoms with Gasteiger partial charge in [0.25, 0.3) is 0 Å². The van der Waals surface area contributed by atoms with E-state index >= 15 is 0 Å². The largest absolute Gasteiger partial charge is 0.481 e. The van der Waals surface area contributed by atoms with Gasteiger partial charge < -0.3 is 10.4 Å². The zero-order valence-corrected chi connectivity index (χ0v) is 14.0. The standard InChI is InChI=1S/C15H22N2O5S/c1-11(2)17-23(21,22)13-9-7-12(8-10-13)16-14(18)5-3-4-6-15(19)20/h7-11,17H,3-6H2,1-2H3,(H,16,18)(H,19,20). The summed E-state index contributed by atoms with van der Waals surface area (Å²) in [4.78, 5) is 22.2. The molecule has 0 saturated carbocycles. The van der Waals surface area contributed by atoms with E-state index in [1.165, 1.54) is 24.3 Å². The zero-order chi connectivity index (χ0) is 17.5. The van der Waals surface area contributed by atoms with Crippen molar-refractivity contribution in [2.24, 2.45) is 0 Å². The molecule has 3 N–H and O–H groups in total. The first-order chi connectivity index (χ1) is 10.7. The molecule has 0 atom stereocenters. The van der Waals surface area contributed by atoms with Gasteiger partial charge in [0.05, 0.1) is 4.90 Å². The molecule has 0 radical (unpaired) electrons. The number of carboxylic acids is 1. The van der Waals surface area contributed by atoms with Crippen molar-refractivity contribution in [2.75, 3.05) is 5.32 Å². The van der Waals surface area contributed by atoms with Crippen molar-refractivity contribution in [2.45, 2.75) is 50.5 Å². The Bertz CT molecular complexity index is 638. The molecule has 1 rings (SSSR count). The third-order valence-corrected chi connectivity index (χ3v) is 4.56. The molecule has 0 aromatic heterocycles. The Morgan fingerprint density at radius 3 is 2.17 bits per heavy atom. The molecule has 0 spiro atoms. The van der Waals surface area contributed by atoms with E-state index in [-0.39, 0.29) is 29.7 Å². The van der Waals surface area contributed by atoms with Crippen LogP contribution < -0.4 is 10.0 Å². The molecule has 8 heteroatoms. The van der Waals surface area contributed by atoms with Gasteiger partial charge in [-0.15, -0.1) is 0 Å². The first-order valence-corrected chi connectivity index (χ1v) is 8.83. The first-order valence-electron chi connectivity index (χ1n) is 7.35. The highest BCUT2D eigenvalue weighted by molar-refractivity contribution is 7.89. The van der Waals surface area contributed by atoms with Crippen LogP contribution in [0.3, 0.4) is 0 Å². The summed E-state index contributed by atoms with van der Waals surface area (Å²) >= 11 is 0. The predicted octanol–water partition coefficient (Wildman–Crippen LogP) is 1.96. The highest BCUT2D eigenvalue weighted by atomic mass is 32.2. The van der Waals surface area contributed by atoms with Gasteiger partial charge >= 0.3 is 5.97 Å². The van der Waals surface area contributed by atoms with Crippen LogP contribution in [0, 0.1) is 0 Å². The number of unbranched alkanes of at least 4 members (excludes halogenated alkanes) is 1. The highest BCUT2D eigenvalue weighted by Crippen LogP contribution is 2.15. The van der Waals surface area contributed by atoms with Gasteiger partial charge in [-0.25, -0.2) is 13.1 Å². The van der Waals surface area contributed by atoms with Crippen molar-refractivity contribution >= 4 is 27.6 Å². The summed E-state index contributed by atoms with van der Waals surface area (Å²) in [5, 5.41) is 11.2. The van der Waals surface area contributed by atoms with Gasteiger partial charge in [0.1, 0.15) is 0 Å². The van der Waals surface area contributed by atoms with Gasteiger partial charge in [-0.2, -0.15) is 0 Å². The fraction of sp³-hybridized carbons (Fsp3) is 0.467. The number of aliphatic carboxylic acids is 1. The number of carbonyl (C=O) groups is 2. The Morgan fingerprint density at radius 1 is 1.09 bits per heavy atom. The normalized spacial score (nSPS) is 11.4. The van der Waals surface area contributed by atoms with Gasteiger partial charge in [0.15, 0.2) is 0 Å². The van der Waals surface area contributed by atoms with Crippen LogP contribution in [-0.4, -0.2) is 31.4 Å².